The lowest BCUT2D eigenvalue weighted by atomic mass is 9.94. The number of halogens is 1. The van der Waals surface area contributed by atoms with E-state index in [2.05, 4.69) is 40.1 Å². The molecule has 1 heterocycles. The zero-order valence-electron chi connectivity index (χ0n) is 11.7. The number of hydrogen-bond donors (Lipinski definition) is 1. The minimum atomic E-state index is 0.0216. The number of likely N-dealkylation sites (tertiary alicyclic amines) is 1. The summed E-state index contributed by atoms with van der Waals surface area (Å²) in [6.07, 6.45) is 1.02. The number of hydrogen-bond acceptors (Lipinski definition) is 2. The van der Waals surface area contributed by atoms with Crippen molar-refractivity contribution in [2.75, 3.05) is 20.1 Å². The highest BCUT2D eigenvalue weighted by Crippen LogP contribution is 2.20. The molecule has 0 radical (unpaired) electrons. The van der Waals surface area contributed by atoms with Crippen LogP contribution in [0.2, 0.25) is 0 Å². The number of carbonyl (C=O) groups is 1. The average molecular weight is 325 g/mol. The molecule has 1 aliphatic rings. The van der Waals surface area contributed by atoms with Crippen molar-refractivity contribution in [3.05, 3.63) is 33.8 Å². The molecule has 1 aromatic carbocycles. The van der Waals surface area contributed by atoms with Gasteiger partial charge >= 0.3 is 0 Å². The van der Waals surface area contributed by atoms with Crippen LogP contribution in [0.3, 0.4) is 0 Å². The van der Waals surface area contributed by atoms with Crippen molar-refractivity contribution in [3.8, 4) is 0 Å². The molecule has 4 heteroatoms. The van der Waals surface area contributed by atoms with Crippen molar-refractivity contribution in [3.63, 3.8) is 0 Å². The number of nitrogens with zero attached hydrogens (tertiary/aromatic N) is 1. The van der Waals surface area contributed by atoms with Gasteiger partial charge in [-0.3, -0.25) is 4.79 Å². The standard InChI is InChI=1S/C15H21BrN2O/c1-10-4-5-12(13(16)8-10)15(19)17-14-6-7-18(3)9-11(14)2/h4-5,8,11,14H,6-7,9H2,1-3H3,(H,17,19). The highest BCUT2D eigenvalue weighted by molar-refractivity contribution is 9.10. The molecule has 1 fully saturated rings. The first-order valence-electron chi connectivity index (χ1n) is 6.73. The van der Waals surface area contributed by atoms with Gasteiger partial charge in [0.2, 0.25) is 0 Å². The molecule has 1 aromatic rings. The minimum absolute atomic E-state index is 0.0216. The fraction of sp³-hybridized carbons (Fsp3) is 0.533. The van der Waals surface area contributed by atoms with E-state index in [1.165, 1.54) is 0 Å². The van der Waals surface area contributed by atoms with E-state index in [9.17, 15) is 4.79 Å². The van der Waals surface area contributed by atoms with Crippen LogP contribution in [0.15, 0.2) is 22.7 Å². The quantitative estimate of drug-likeness (QED) is 0.907. The summed E-state index contributed by atoms with van der Waals surface area (Å²) >= 11 is 3.47. The number of rotatable bonds is 2. The molecular weight excluding hydrogens is 304 g/mol. The third-order valence-electron chi connectivity index (χ3n) is 3.79. The number of nitrogens with one attached hydrogen (secondary N) is 1. The lowest BCUT2D eigenvalue weighted by molar-refractivity contribution is 0.0883. The average Bonchev–Trinajstić information content (AvgIpc) is 2.32. The monoisotopic (exact) mass is 324 g/mol. The summed E-state index contributed by atoms with van der Waals surface area (Å²) in [5.41, 5.74) is 1.87. The first-order chi connectivity index (χ1) is 8.97. The summed E-state index contributed by atoms with van der Waals surface area (Å²) in [4.78, 5) is 14.6. The third kappa shape index (κ3) is 3.57. The van der Waals surface area contributed by atoms with Crippen LogP contribution in [0.5, 0.6) is 0 Å². The fourth-order valence-electron chi connectivity index (χ4n) is 2.62. The topological polar surface area (TPSA) is 32.3 Å². The van der Waals surface area contributed by atoms with Crippen molar-refractivity contribution < 1.29 is 4.79 Å². The predicted octanol–water partition coefficient (Wildman–Crippen LogP) is 2.83. The van der Waals surface area contributed by atoms with Crippen LogP contribution in [-0.2, 0) is 0 Å². The second-order valence-corrected chi connectivity index (χ2v) is 6.45. The Morgan fingerprint density at radius 1 is 1.47 bits per heavy atom. The van der Waals surface area contributed by atoms with Crippen LogP contribution in [-0.4, -0.2) is 37.0 Å². The zero-order chi connectivity index (χ0) is 14.0. The van der Waals surface area contributed by atoms with Gasteiger partial charge in [0, 0.05) is 17.1 Å². The molecule has 0 saturated carbocycles. The highest BCUT2D eigenvalue weighted by Gasteiger charge is 2.26. The van der Waals surface area contributed by atoms with Crippen LogP contribution in [0.4, 0.5) is 0 Å². The maximum atomic E-state index is 12.3. The SMILES string of the molecule is Cc1ccc(C(=O)NC2CCN(C)CC2C)c(Br)c1. The minimum Gasteiger partial charge on any atom is -0.349 e. The second kappa shape index (κ2) is 6.06. The number of piperidine rings is 1. The number of aryl methyl sites for hydroxylation is 1. The van der Waals surface area contributed by atoms with Crippen LogP contribution in [0.25, 0.3) is 0 Å². The summed E-state index contributed by atoms with van der Waals surface area (Å²) < 4.78 is 0.866. The molecule has 1 saturated heterocycles. The van der Waals surface area contributed by atoms with Gasteiger partial charge in [-0.05, 0) is 66.5 Å². The third-order valence-corrected chi connectivity index (χ3v) is 4.45. The Morgan fingerprint density at radius 2 is 2.21 bits per heavy atom. The lowest BCUT2D eigenvalue weighted by Gasteiger charge is -2.35. The molecule has 104 valence electrons. The maximum Gasteiger partial charge on any atom is 0.252 e. The first kappa shape index (κ1) is 14.5. The molecule has 2 atom stereocenters. The van der Waals surface area contributed by atoms with Crippen molar-refractivity contribution >= 4 is 21.8 Å². The first-order valence-corrected chi connectivity index (χ1v) is 7.52. The summed E-state index contributed by atoms with van der Waals surface area (Å²) in [6.45, 7) is 6.31. The van der Waals surface area contributed by atoms with Crippen LogP contribution in [0.1, 0.15) is 29.3 Å². The molecule has 0 aromatic heterocycles. The van der Waals surface area contributed by atoms with E-state index in [1.807, 2.05) is 25.1 Å². The smallest absolute Gasteiger partial charge is 0.252 e. The summed E-state index contributed by atoms with van der Waals surface area (Å²) in [5, 5.41) is 3.17. The molecule has 0 aliphatic carbocycles. The largest absolute Gasteiger partial charge is 0.349 e. The molecular formula is C15H21BrN2O. The van der Waals surface area contributed by atoms with E-state index in [1.54, 1.807) is 0 Å². The Morgan fingerprint density at radius 3 is 2.84 bits per heavy atom. The summed E-state index contributed by atoms with van der Waals surface area (Å²) in [7, 11) is 2.13. The van der Waals surface area contributed by atoms with Gasteiger partial charge in [-0.15, -0.1) is 0 Å². The van der Waals surface area contributed by atoms with Gasteiger partial charge < -0.3 is 10.2 Å². The van der Waals surface area contributed by atoms with Gasteiger partial charge in [0.1, 0.15) is 0 Å². The van der Waals surface area contributed by atoms with Gasteiger partial charge in [0.15, 0.2) is 0 Å². The van der Waals surface area contributed by atoms with E-state index < -0.39 is 0 Å². The van der Waals surface area contributed by atoms with E-state index in [0.29, 0.717) is 5.92 Å². The molecule has 2 unspecified atom stereocenters. The van der Waals surface area contributed by atoms with Crippen LogP contribution in [0, 0.1) is 12.8 Å². The van der Waals surface area contributed by atoms with Gasteiger partial charge in [-0.2, -0.15) is 0 Å². The number of carbonyl (C=O) groups excluding carboxylic acids is 1. The number of amides is 1. The van der Waals surface area contributed by atoms with Crippen molar-refractivity contribution in [2.45, 2.75) is 26.3 Å². The van der Waals surface area contributed by atoms with E-state index in [4.69, 9.17) is 0 Å². The Labute approximate surface area is 123 Å². The Bertz CT molecular complexity index is 475. The molecule has 0 bridgehead atoms. The van der Waals surface area contributed by atoms with Gasteiger partial charge in [0.25, 0.3) is 5.91 Å². The van der Waals surface area contributed by atoms with Crippen molar-refractivity contribution in [1.82, 2.24) is 10.2 Å². The van der Waals surface area contributed by atoms with E-state index >= 15 is 0 Å². The number of benzene rings is 1. The Kier molecular flexibility index (Phi) is 4.63. The second-order valence-electron chi connectivity index (χ2n) is 5.59. The fourth-order valence-corrected chi connectivity index (χ4v) is 3.29. The molecule has 0 spiro atoms. The Hall–Kier alpha value is -0.870. The molecule has 3 nitrogen and oxygen atoms in total. The molecule has 2 rings (SSSR count). The summed E-state index contributed by atoms with van der Waals surface area (Å²) in [6, 6.07) is 6.11. The maximum absolute atomic E-state index is 12.3. The van der Waals surface area contributed by atoms with Crippen molar-refractivity contribution in [1.29, 1.82) is 0 Å². The van der Waals surface area contributed by atoms with Crippen molar-refractivity contribution in [2.24, 2.45) is 5.92 Å². The van der Waals surface area contributed by atoms with Crippen LogP contribution >= 0.6 is 15.9 Å². The molecule has 1 N–H and O–H groups in total. The van der Waals surface area contributed by atoms with Gasteiger partial charge in [0.05, 0.1) is 5.56 Å². The highest BCUT2D eigenvalue weighted by atomic mass is 79.9. The molecule has 19 heavy (non-hydrogen) atoms. The van der Waals surface area contributed by atoms with E-state index in [0.717, 1.165) is 35.1 Å². The van der Waals surface area contributed by atoms with Gasteiger partial charge in [-0.1, -0.05) is 13.0 Å². The molecule has 1 aliphatic heterocycles. The Balaban J connectivity index is 2.04. The van der Waals surface area contributed by atoms with E-state index in [-0.39, 0.29) is 11.9 Å². The summed E-state index contributed by atoms with van der Waals surface area (Å²) in [5.74, 6) is 0.514. The predicted molar refractivity (Wildman–Crippen MR) is 81.4 cm³/mol. The zero-order valence-corrected chi connectivity index (χ0v) is 13.3. The van der Waals surface area contributed by atoms with Gasteiger partial charge in [-0.25, -0.2) is 0 Å². The van der Waals surface area contributed by atoms with Crippen LogP contribution < -0.4 is 5.32 Å². The normalized spacial score (nSPS) is 24.2. The lowest BCUT2D eigenvalue weighted by Crippen LogP contribution is -2.48. The molecule has 1 amide bonds.